The molecule has 144 valence electrons. The largest absolute Gasteiger partial charge is 0.354 e. The van der Waals surface area contributed by atoms with Gasteiger partial charge in [0.05, 0.1) is 5.56 Å². The zero-order valence-electron chi connectivity index (χ0n) is 16.1. The number of piperazine rings is 1. The normalized spacial score (nSPS) is 16.5. The number of carbonyl (C=O) groups excluding carboxylic acids is 2. The maximum absolute atomic E-state index is 13.6. The van der Waals surface area contributed by atoms with Crippen LogP contribution >= 0.6 is 0 Å². The van der Waals surface area contributed by atoms with E-state index in [0.29, 0.717) is 6.54 Å². The Morgan fingerprint density at radius 3 is 2.38 bits per heavy atom. The van der Waals surface area contributed by atoms with Crippen LogP contribution in [0.15, 0.2) is 24.3 Å². The van der Waals surface area contributed by atoms with Gasteiger partial charge in [-0.3, -0.25) is 14.5 Å². The van der Waals surface area contributed by atoms with Crippen LogP contribution in [0.2, 0.25) is 0 Å². The van der Waals surface area contributed by atoms with E-state index < -0.39 is 5.82 Å². The molecule has 0 bridgehead atoms. The minimum Gasteiger partial charge on any atom is -0.354 e. The average Bonchev–Trinajstić information content (AvgIpc) is 2.65. The summed E-state index contributed by atoms with van der Waals surface area (Å²) < 4.78 is 13.6. The third-order valence-electron chi connectivity index (χ3n) is 5.15. The van der Waals surface area contributed by atoms with Crippen LogP contribution in [0.4, 0.5) is 4.39 Å². The Morgan fingerprint density at radius 2 is 1.77 bits per heavy atom. The Balaban J connectivity index is 1.76. The molecule has 1 aromatic carbocycles. The van der Waals surface area contributed by atoms with E-state index in [1.165, 1.54) is 12.1 Å². The van der Waals surface area contributed by atoms with Gasteiger partial charge in [0.25, 0.3) is 0 Å². The van der Waals surface area contributed by atoms with Crippen molar-refractivity contribution in [3.8, 4) is 0 Å². The molecule has 0 spiro atoms. The smallest absolute Gasteiger partial charge is 0.220 e. The van der Waals surface area contributed by atoms with Gasteiger partial charge in [-0.05, 0) is 32.5 Å². The molecular weight excluding hydrogens is 333 g/mol. The Kier molecular flexibility index (Phi) is 7.29. The molecule has 1 heterocycles. The lowest BCUT2D eigenvalue weighted by molar-refractivity contribution is -0.121. The summed E-state index contributed by atoms with van der Waals surface area (Å²) in [5, 5.41) is 2.93. The van der Waals surface area contributed by atoms with E-state index in [2.05, 4.69) is 35.9 Å². The van der Waals surface area contributed by atoms with Gasteiger partial charge in [0.2, 0.25) is 5.91 Å². The van der Waals surface area contributed by atoms with Crippen LogP contribution in [0.5, 0.6) is 0 Å². The van der Waals surface area contributed by atoms with Crippen molar-refractivity contribution >= 4 is 11.7 Å². The van der Waals surface area contributed by atoms with Crippen molar-refractivity contribution in [1.82, 2.24) is 15.1 Å². The minimum absolute atomic E-state index is 0.0162. The number of hydrogen-bond donors (Lipinski definition) is 1. The van der Waals surface area contributed by atoms with Gasteiger partial charge < -0.3 is 10.2 Å². The Labute approximate surface area is 155 Å². The highest BCUT2D eigenvalue weighted by Crippen LogP contribution is 2.16. The molecule has 0 unspecified atom stereocenters. The van der Waals surface area contributed by atoms with Gasteiger partial charge in [0.1, 0.15) is 5.82 Å². The number of rotatable bonds is 8. The van der Waals surface area contributed by atoms with Crippen LogP contribution in [-0.4, -0.2) is 66.3 Å². The van der Waals surface area contributed by atoms with Crippen LogP contribution in [0.25, 0.3) is 0 Å². The molecule has 0 aliphatic carbocycles. The number of hydrogen-bond acceptors (Lipinski definition) is 4. The van der Waals surface area contributed by atoms with E-state index in [0.717, 1.165) is 32.7 Å². The second-order valence-electron chi connectivity index (χ2n) is 7.41. The number of carbonyl (C=O) groups is 2. The molecule has 1 aliphatic rings. The Hall–Kier alpha value is -1.79. The summed E-state index contributed by atoms with van der Waals surface area (Å²) in [6.45, 7) is 12.1. The summed E-state index contributed by atoms with van der Waals surface area (Å²) in [6, 6.07) is 5.88. The van der Waals surface area contributed by atoms with Crippen molar-refractivity contribution in [2.75, 3.05) is 39.3 Å². The van der Waals surface area contributed by atoms with Crippen LogP contribution in [-0.2, 0) is 4.79 Å². The number of nitrogens with one attached hydrogen (secondary N) is 1. The van der Waals surface area contributed by atoms with E-state index in [1.807, 2.05) is 0 Å². The zero-order chi connectivity index (χ0) is 19.2. The fraction of sp³-hybridized carbons (Fsp3) is 0.600. The van der Waals surface area contributed by atoms with Gasteiger partial charge in [-0.25, -0.2) is 4.39 Å². The van der Waals surface area contributed by atoms with Crippen molar-refractivity contribution in [3.05, 3.63) is 35.6 Å². The SMILES string of the molecule is CCN1CCN(C(C)(C)CNC(=O)CCC(=O)c2ccccc2F)CC1. The lowest BCUT2D eigenvalue weighted by Gasteiger charge is -2.44. The van der Waals surface area contributed by atoms with Crippen LogP contribution in [0.3, 0.4) is 0 Å². The van der Waals surface area contributed by atoms with Crippen LogP contribution in [0, 0.1) is 5.82 Å². The highest BCUT2D eigenvalue weighted by atomic mass is 19.1. The molecule has 0 atom stereocenters. The van der Waals surface area contributed by atoms with Gasteiger partial charge in [0, 0.05) is 51.1 Å². The molecule has 5 nitrogen and oxygen atoms in total. The number of benzene rings is 1. The predicted octanol–water partition coefficient (Wildman–Crippen LogP) is 2.32. The molecule has 0 saturated carbocycles. The first kappa shape index (κ1) is 20.5. The summed E-state index contributed by atoms with van der Waals surface area (Å²) in [5.74, 6) is -1.05. The summed E-state index contributed by atoms with van der Waals surface area (Å²) in [7, 11) is 0. The molecule has 1 saturated heterocycles. The summed E-state index contributed by atoms with van der Waals surface area (Å²) in [6.07, 6.45) is 0.0925. The second-order valence-corrected chi connectivity index (χ2v) is 7.41. The molecule has 1 amide bonds. The third-order valence-corrected chi connectivity index (χ3v) is 5.15. The number of likely N-dealkylation sites (N-methyl/N-ethyl adjacent to an activating group) is 1. The predicted molar refractivity (Wildman–Crippen MR) is 101 cm³/mol. The second kappa shape index (κ2) is 9.24. The highest BCUT2D eigenvalue weighted by Gasteiger charge is 2.29. The molecule has 0 aromatic heterocycles. The maximum Gasteiger partial charge on any atom is 0.220 e. The summed E-state index contributed by atoms with van der Waals surface area (Å²) in [5.41, 5.74) is -0.0835. The topological polar surface area (TPSA) is 52.6 Å². The van der Waals surface area contributed by atoms with Gasteiger partial charge in [0.15, 0.2) is 5.78 Å². The standard InChI is InChI=1S/C20H30FN3O2/c1-4-23-11-13-24(14-12-23)20(2,3)15-22-19(26)10-9-18(25)16-7-5-6-8-17(16)21/h5-8H,4,9-15H2,1-3H3,(H,22,26). The van der Waals surface area contributed by atoms with Crippen LogP contribution < -0.4 is 5.32 Å². The Morgan fingerprint density at radius 1 is 1.12 bits per heavy atom. The van der Waals surface area contributed by atoms with Gasteiger partial charge in [-0.15, -0.1) is 0 Å². The average molecular weight is 363 g/mol. The van der Waals surface area contributed by atoms with E-state index in [4.69, 9.17) is 0 Å². The summed E-state index contributed by atoms with van der Waals surface area (Å²) in [4.78, 5) is 29.0. The number of Topliss-reactive ketones (excluding diaryl/α,β-unsaturated/α-hetero) is 1. The molecular formula is C20H30FN3O2. The molecule has 1 aromatic rings. The molecule has 1 fully saturated rings. The lowest BCUT2D eigenvalue weighted by Crippen LogP contribution is -2.58. The molecule has 6 heteroatoms. The van der Waals surface area contributed by atoms with Crippen molar-refractivity contribution in [2.24, 2.45) is 0 Å². The number of ketones is 1. The minimum atomic E-state index is -0.537. The first-order valence-corrected chi connectivity index (χ1v) is 9.35. The van der Waals surface area contributed by atoms with Gasteiger partial charge >= 0.3 is 0 Å². The number of halogens is 1. The molecule has 2 rings (SSSR count). The number of nitrogens with zero attached hydrogens (tertiary/aromatic N) is 2. The fourth-order valence-corrected chi connectivity index (χ4v) is 3.23. The molecule has 26 heavy (non-hydrogen) atoms. The maximum atomic E-state index is 13.6. The van der Waals surface area contributed by atoms with E-state index in [1.54, 1.807) is 12.1 Å². The number of amides is 1. The molecule has 1 aliphatic heterocycles. The fourth-order valence-electron chi connectivity index (χ4n) is 3.23. The molecule has 1 N–H and O–H groups in total. The van der Waals surface area contributed by atoms with E-state index in [9.17, 15) is 14.0 Å². The summed E-state index contributed by atoms with van der Waals surface area (Å²) >= 11 is 0. The quantitative estimate of drug-likeness (QED) is 0.720. The van der Waals surface area contributed by atoms with Gasteiger partial charge in [-0.1, -0.05) is 19.1 Å². The highest BCUT2D eigenvalue weighted by molar-refractivity contribution is 5.98. The van der Waals surface area contributed by atoms with Crippen molar-refractivity contribution in [3.63, 3.8) is 0 Å². The van der Waals surface area contributed by atoms with E-state index >= 15 is 0 Å². The first-order valence-electron chi connectivity index (χ1n) is 9.35. The Bertz CT molecular complexity index is 625. The molecule has 0 radical (unpaired) electrons. The zero-order valence-corrected chi connectivity index (χ0v) is 16.1. The van der Waals surface area contributed by atoms with Gasteiger partial charge in [-0.2, -0.15) is 0 Å². The van der Waals surface area contributed by atoms with Crippen LogP contribution in [0.1, 0.15) is 44.0 Å². The van der Waals surface area contributed by atoms with E-state index in [-0.39, 0.29) is 35.6 Å². The van der Waals surface area contributed by atoms with Crippen molar-refractivity contribution < 1.29 is 14.0 Å². The monoisotopic (exact) mass is 363 g/mol. The first-order chi connectivity index (χ1) is 12.3. The lowest BCUT2D eigenvalue weighted by atomic mass is 10.0. The van der Waals surface area contributed by atoms with Crippen molar-refractivity contribution in [1.29, 1.82) is 0 Å². The van der Waals surface area contributed by atoms with Crippen molar-refractivity contribution in [2.45, 2.75) is 39.2 Å². The third kappa shape index (κ3) is 5.61.